The molecule has 102 valence electrons. The van der Waals surface area contributed by atoms with Crippen molar-refractivity contribution in [3.05, 3.63) is 0 Å². The molecular weight excluding hydrogens is 214 g/mol. The number of nitrogens with zero attached hydrogens (tertiary/aromatic N) is 2. The Labute approximate surface area is 106 Å². The van der Waals surface area contributed by atoms with Gasteiger partial charge in [0.15, 0.2) is 0 Å². The average Bonchev–Trinajstić information content (AvgIpc) is 2.32. The number of aliphatic hydroxyl groups is 1. The van der Waals surface area contributed by atoms with Gasteiger partial charge in [0, 0.05) is 32.7 Å². The molecule has 0 aromatic carbocycles. The van der Waals surface area contributed by atoms with Gasteiger partial charge in [-0.25, -0.2) is 0 Å². The molecule has 1 saturated heterocycles. The monoisotopic (exact) mass is 243 g/mol. The zero-order valence-electron chi connectivity index (χ0n) is 11.5. The molecule has 1 fully saturated rings. The molecule has 0 radical (unpaired) electrons. The molecule has 0 spiro atoms. The molecule has 0 saturated carbocycles. The van der Waals surface area contributed by atoms with Gasteiger partial charge < -0.3 is 15.7 Å². The fourth-order valence-corrected chi connectivity index (χ4v) is 2.26. The Morgan fingerprint density at radius 1 is 1.06 bits per heavy atom. The average molecular weight is 243 g/mol. The molecule has 0 unspecified atom stereocenters. The van der Waals surface area contributed by atoms with E-state index in [0.29, 0.717) is 5.41 Å². The van der Waals surface area contributed by atoms with E-state index in [4.69, 9.17) is 10.8 Å². The van der Waals surface area contributed by atoms with Crippen LogP contribution in [-0.4, -0.2) is 67.3 Å². The summed E-state index contributed by atoms with van der Waals surface area (Å²) in [5.41, 5.74) is 6.02. The summed E-state index contributed by atoms with van der Waals surface area (Å²) in [6.45, 7) is 12.0. The van der Waals surface area contributed by atoms with E-state index in [0.717, 1.165) is 39.3 Å². The van der Waals surface area contributed by atoms with E-state index in [1.807, 2.05) is 0 Å². The zero-order chi connectivity index (χ0) is 12.7. The second-order valence-electron chi connectivity index (χ2n) is 5.88. The van der Waals surface area contributed by atoms with E-state index in [-0.39, 0.29) is 6.61 Å². The third-order valence-corrected chi connectivity index (χ3v) is 3.76. The van der Waals surface area contributed by atoms with Crippen LogP contribution in [0.4, 0.5) is 0 Å². The molecule has 0 aromatic rings. The fraction of sp³-hybridized carbons (Fsp3) is 1.00. The van der Waals surface area contributed by atoms with E-state index in [1.54, 1.807) is 0 Å². The Balaban J connectivity index is 2.10. The summed E-state index contributed by atoms with van der Waals surface area (Å²) >= 11 is 0. The topological polar surface area (TPSA) is 52.7 Å². The number of piperazine rings is 1. The lowest BCUT2D eigenvalue weighted by Crippen LogP contribution is -2.47. The van der Waals surface area contributed by atoms with E-state index in [1.165, 1.54) is 19.4 Å². The van der Waals surface area contributed by atoms with Crippen molar-refractivity contribution in [1.29, 1.82) is 0 Å². The number of β-amino-alcohol motifs (C(OH)–C–C–N with tert-alkyl or cyclic N) is 1. The second-order valence-corrected chi connectivity index (χ2v) is 5.88. The molecule has 17 heavy (non-hydrogen) atoms. The predicted octanol–water partition coefficient (Wildman–Crippen LogP) is 0.361. The molecular formula is C13H29N3O. The maximum atomic E-state index is 8.88. The van der Waals surface area contributed by atoms with Gasteiger partial charge >= 0.3 is 0 Å². The molecule has 4 heteroatoms. The SMILES string of the molecule is CC(C)(CN)CCCN1CCN(CCO)CC1. The predicted molar refractivity (Wildman–Crippen MR) is 72.0 cm³/mol. The van der Waals surface area contributed by atoms with Gasteiger partial charge in [0.05, 0.1) is 6.61 Å². The van der Waals surface area contributed by atoms with Crippen LogP contribution < -0.4 is 5.73 Å². The highest BCUT2D eigenvalue weighted by Gasteiger charge is 2.18. The first-order valence-electron chi connectivity index (χ1n) is 6.83. The summed E-state index contributed by atoms with van der Waals surface area (Å²) in [5, 5.41) is 8.88. The van der Waals surface area contributed by atoms with Crippen LogP contribution in [0.25, 0.3) is 0 Å². The van der Waals surface area contributed by atoms with Crippen molar-refractivity contribution in [3.63, 3.8) is 0 Å². The fourth-order valence-electron chi connectivity index (χ4n) is 2.26. The summed E-state index contributed by atoms with van der Waals surface area (Å²) in [6, 6.07) is 0. The summed E-state index contributed by atoms with van der Waals surface area (Å²) < 4.78 is 0. The molecule has 1 heterocycles. The van der Waals surface area contributed by atoms with Gasteiger partial charge in [0.25, 0.3) is 0 Å². The van der Waals surface area contributed by atoms with Crippen LogP contribution in [-0.2, 0) is 0 Å². The van der Waals surface area contributed by atoms with Gasteiger partial charge in [0.2, 0.25) is 0 Å². The lowest BCUT2D eigenvalue weighted by molar-refractivity contribution is 0.109. The van der Waals surface area contributed by atoms with Crippen LogP contribution in [0.3, 0.4) is 0 Å². The molecule has 1 rings (SSSR count). The smallest absolute Gasteiger partial charge is 0.0558 e. The summed E-state index contributed by atoms with van der Waals surface area (Å²) in [4.78, 5) is 4.86. The van der Waals surface area contributed by atoms with Crippen LogP contribution in [0, 0.1) is 5.41 Å². The van der Waals surface area contributed by atoms with Gasteiger partial charge in [-0.2, -0.15) is 0 Å². The first-order chi connectivity index (χ1) is 8.07. The van der Waals surface area contributed by atoms with Gasteiger partial charge in [-0.05, 0) is 31.3 Å². The minimum Gasteiger partial charge on any atom is -0.395 e. The summed E-state index contributed by atoms with van der Waals surface area (Å²) in [5.74, 6) is 0. The number of rotatable bonds is 7. The normalized spacial score (nSPS) is 19.8. The van der Waals surface area contributed by atoms with Crippen molar-refractivity contribution in [2.24, 2.45) is 11.1 Å². The zero-order valence-corrected chi connectivity index (χ0v) is 11.5. The lowest BCUT2D eigenvalue weighted by Gasteiger charge is -2.35. The maximum absolute atomic E-state index is 8.88. The molecule has 0 aliphatic carbocycles. The van der Waals surface area contributed by atoms with E-state index < -0.39 is 0 Å². The third-order valence-electron chi connectivity index (χ3n) is 3.76. The Morgan fingerprint density at radius 3 is 2.06 bits per heavy atom. The number of nitrogens with two attached hydrogens (primary N) is 1. The van der Waals surface area contributed by atoms with Crippen LogP contribution in [0.15, 0.2) is 0 Å². The first-order valence-corrected chi connectivity index (χ1v) is 6.83. The van der Waals surface area contributed by atoms with E-state index in [2.05, 4.69) is 23.6 Å². The highest BCUT2D eigenvalue weighted by Crippen LogP contribution is 2.20. The molecule has 4 nitrogen and oxygen atoms in total. The Kier molecular flexibility index (Phi) is 6.41. The Hall–Kier alpha value is -0.160. The van der Waals surface area contributed by atoms with E-state index in [9.17, 15) is 0 Å². The van der Waals surface area contributed by atoms with Crippen LogP contribution in [0.5, 0.6) is 0 Å². The Bertz CT molecular complexity index is 201. The summed E-state index contributed by atoms with van der Waals surface area (Å²) in [6.07, 6.45) is 2.45. The van der Waals surface area contributed by atoms with Crippen molar-refractivity contribution in [1.82, 2.24) is 9.80 Å². The largest absolute Gasteiger partial charge is 0.395 e. The standard InChI is InChI=1S/C13H29N3O/c1-13(2,12-14)4-3-5-15-6-8-16(9-7-15)10-11-17/h17H,3-12,14H2,1-2H3. The minimum absolute atomic E-state index is 0.282. The van der Waals surface area contributed by atoms with Crippen molar-refractivity contribution in [2.45, 2.75) is 26.7 Å². The molecule has 1 aliphatic heterocycles. The van der Waals surface area contributed by atoms with E-state index >= 15 is 0 Å². The lowest BCUT2D eigenvalue weighted by atomic mass is 9.88. The highest BCUT2D eigenvalue weighted by molar-refractivity contribution is 4.74. The minimum atomic E-state index is 0.282. The first kappa shape index (κ1) is 14.9. The quantitative estimate of drug-likeness (QED) is 0.678. The molecule has 0 amide bonds. The van der Waals surface area contributed by atoms with Gasteiger partial charge in [0.1, 0.15) is 0 Å². The molecule has 0 aromatic heterocycles. The third kappa shape index (κ3) is 5.82. The molecule has 0 bridgehead atoms. The van der Waals surface area contributed by atoms with Crippen LogP contribution in [0.2, 0.25) is 0 Å². The Morgan fingerprint density at radius 2 is 1.59 bits per heavy atom. The van der Waals surface area contributed by atoms with Gasteiger partial charge in [-0.1, -0.05) is 13.8 Å². The number of aliphatic hydroxyl groups excluding tert-OH is 1. The van der Waals surface area contributed by atoms with Crippen molar-refractivity contribution in [3.8, 4) is 0 Å². The number of hydrogen-bond donors (Lipinski definition) is 2. The molecule has 1 aliphatic rings. The highest BCUT2D eigenvalue weighted by atomic mass is 16.3. The van der Waals surface area contributed by atoms with Crippen LogP contribution in [0.1, 0.15) is 26.7 Å². The maximum Gasteiger partial charge on any atom is 0.0558 e. The molecule has 0 atom stereocenters. The van der Waals surface area contributed by atoms with Gasteiger partial charge in [-0.3, -0.25) is 4.90 Å². The molecule has 3 N–H and O–H groups in total. The van der Waals surface area contributed by atoms with Crippen LogP contribution >= 0.6 is 0 Å². The van der Waals surface area contributed by atoms with Crippen molar-refractivity contribution < 1.29 is 5.11 Å². The van der Waals surface area contributed by atoms with Gasteiger partial charge in [-0.15, -0.1) is 0 Å². The number of hydrogen-bond acceptors (Lipinski definition) is 4. The summed E-state index contributed by atoms with van der Waals surface area (Å²) in [7, 11) is 0. The van der Waals surface area contributed by atoms with Crippen molar-refractivity contribution >= 4 is 0 Å². The second kappa shape index (κ2) is 7.31. The van der Waals surface area contributed by atoms with Crippen molar-refractivity contribution in [2.75, 3.05) is 52.4 Å².